The summed E-state index contributed by atoms with van der Waals surface area (Å²) in [5.74, 6) is 0.598. The zero-order valence-corrected chi connectivity index (χ0v) is 19.8. The van der Waals surface area contributed by atoms with Gasteiger partial charge in [-0.25, -0.2) is 9.97 Å². The first-order chi connectivity index (χ1) is 15.1. The summed E-state index contributed by atoms with van der Waals surface area (Å²) in [6.07, 6.45) is 12.4. The largest absolute Gasteiger partial charge is 0.474 e. The van der Waals surface area contributed by atoms with Gasteiger partial charge in [-0.05, 0) is 57.6 Å². The second-order valence-corrected chi connectivity index (χ2v) is 9.55. The normalized spacial score (nSPS) is 19.0. The highest BCUT2D eigenvalue weighted by atomic mass is 32.1. The summed E-state index contributed by atoms with van der Waals surface area (Å²) in [7, 11) is 2.15. The van der Waals surface area contributed by atoms with Crippen LogP contribution in [0.2, 0.25) is 0 Å². The van der Waals surface area contributed by atoms with E-state index in [4.69, 9.17) is 4.74 Å². The van der Waals surface area contributed by atoms with Crippen molar-refractivity contribution in [2.75, 3.05) is 33.2 Å². The second-order valence-electron chi connectivity index (χ2n) is 8.47. The van der Waals surface area contributed by atoms with Crippen LogP contribution in [0.1, 0.15) is 62.3 Å². The van der Waals surface area contributed by atoms with Crippen molar-refractivity contribution in [2.24, 2.45) is 5.73 Å². The summed E-state index contributed by atoms with van der Waals surface area (Å²) in [6, 6.07) is 0. The number of aromatic nitrogens is 2. The number of amides is 1. The van der Waals surface area contributed by atoms with E-state index in [1.165, 1.54) is 80.3 Å². The number of carbonyl (C=O) groups excluding carboxylic acids is 1. The maximum atomic E-state index is 9.59. The minimum absolute atomic E-state index is 0.245. The van der Waals surface area contributed by atoms with E-state index in [1.807, 2.05) is 11.3 Å². The Balaban J connectivity index is 0.000000188. The van der Waals surface area contributed by atoms with Gasteiger partial charge in [0.15, 0.2) is 0 Å². The third-order valence-corrected chi connectivity index (χ3v) is 7.19. The van der Waals surface area contributed by atoms with Gasteiger partial charge in [0.1, 0.15) is 17.3 Å². The molecule has 31 heavy (non-hydrogen) atoms. The number of thiophene rings is 1. The zero-order valence-electron chi connectivity index (χ0n) is 19.0. The molecule has 2 aromatic heterocycles. The van der Waals surface area contributed by atoms with Gasteiger partial charge in [0, 0.05) is 37.5 Å². The van der Waals surface area contributed by atoms with E-state index in [2.05, 4.69) is 33.0 Å². The van der Waals surface area contributed by atoms with Crippen LogP contribution in [0.3, 0.4) is 0 Å². The van der Waals surface area contributed by atoms with Gasteiger partial charge in [0.05, 0.1) is 5.39 Å². The fraction of sp³-hybridized carbons (Fsp3) is 0.696. The molecule has 2 aliphatic carbocycles. The molecule has 1 saturated carbocycles. The molecule has 1 saturated heterocycles. The van der Waals surface area contributed by atoms with Gasteiger partial charge in [-0.1, -0.05) is 13.3 Å². The highest BCUT2D eigenvalue weighted by Gasteiger charge is 2.24. The molecule has 0 atom stereocenters. The van der Waals surface area contributed by atoms with Crippen molar-refractivity contribution < 1.29 is 9.53 Å². The molecule has 3 heterocycles. The molecule has 1 amide bonds. The van der Waals surface area contributed by atoms with E-state index in [1.54, 1.807) is 13.3 Å². The second kappa shape index (κ2) is 12.3. The number of fused-ring (bicyclic) bond motifs is 3. The van der Waals surface area contributed by atoms with E-state index in [0.717, 1.165) is 23.8 Å². The number of nitrogens with two attached hydrogens (primary N) is 1. The third-order valence-electron chi connectivity index (χ3n) is 5.99. The molecule has 0 radical (unpaired) electrons. The summed E-state index contributed by atoms with van der Waals surface area (Å²) in [6.45, 7) is 6.47. The Hall–Kier alpha value is -1.77. The molecule has 3 aliphatic rings. The summed E-state index contributed by atoms with van der Waals surface area (Å²) in [4.78, 5) is 23.4. The Morgan fingerprint density at radius 2 is 1.90 bits per heavy atom. The quantitative estimate of drug-likeness (QED) is 0.750. The van der Waals surface area contributed by atoms with Gasteiger partial charge in [0.2, 0.25) is 11.8 Å². The van der Waals surface area contributed by atoms with Crippen LogP contribution < -0.4 is 15.8 Å². The first kappa shape index (κ1) is 23.9. The standard InChI is InChI=1S/C15H18N2OS.C5H12N2.C3H7NO/c1-2-5-10(6-3-1)18-14-13-11-7-4-8-12(11)19-15(13)17-9-16-14;1-7-4-2-6-3-5-7;1-2-3(4)5/h9-10H,1-8H2;6H,2-5H2,1H3;2H2,1H3,(H2,4,5). The lowest BCUT2D eigenvalue weighted by Crippen LogP contribution is -2.40. The molecule has 5 rings (SSSR count). The van der Waals surface area contributed by atoms with Gasteiger partial charge in [-0.15, -0.1) is 11.3 Å². The van der Waals surface area contributed by atoms with Crippen LogP contribution in [0.4, 0.5) is 0 Å². The van der Waals surface area contributed by atoms with Gasteiger partial charge < -0.3 is 20.7 Å². The number of carbonyl (C=O) groups is 1. The minimum atomic E-state index is -0.245. The Labute approximate surface area is 189 Å². The number of nitrogens with zero attached hydrogens (tertiary/aromatic N) is 3. The van der Waals surface area contributed by atoms with Crippen LogP contribution in [0, 0.1) is 0 Å². The Bertz CT molecular complexity index is 829. The fourth-order valence-electron chi connectivity index (χ4n) is 4.11. The monoisotopic (exact) mass is 447 g/mol. The van der Waals surface area contributed by atoms with Crippen LogP contribution in [-0.4, -0.2) is 60.1 Å². The lowest BCUT2D eigenvalue weighted by Gasteiger charge is -2.22. The number of likely N-dealkylation sites (N-methyl/N-ethyl adjacent to an activating group) is 1. The first-order valence-corrected chi connectivity index (χ1v) is 12.5. The Morgan fingerprint density at radius 3 is 2.52 bits per heavy atom. The van der Waals surface area contributed by atoms with Gasteiger partial charge in [-0.2, -0.15) is 0 Å². The Kier molecular flexibility index (Phi) is 9.49. The molecule has 0 bridgehead atoms. The number of hydrogen-bond donors (Lipinski definition) is 2. The first-order valence-electron chi connectivity index (χ1n) is 11.7. The number of ether oxygens (including phenoxy) is 1. The molecule has 2 aromatic rings. The molecule has 172 valence electrons. The maximum Gasteiger partial charge on any atom is 0.225 e. The molecular weight excluding hydrogens is 410 g/mol. The van der Waals surface area contributed by atoms with Crippen LogP contribution in [0.25, 0.3) is 10.2 Å². The molecule has 0 unspecified atom stereocenters. The summed E-state index contributed by atoms with van der Waals surface area (Å²) in [5.41, 5.74) is 6.12. The Morgan fingerprint density at radius 1 is 1.19 bits per heavy atom. The number of nitrogens with one attached hydrogen (secondary N) is 1. The molecule has 8 heteroatoms. The SMILES string of the molecule is CCC(N)=O.CN1CCNCC1.c1nc(OC2CCCCC2)c2c3c(sc2n1)CCC3. The van der Waals surface area contributed by atoms with Crippen molar-refractivity contribution in [3.05, 3.63) is 16.8 Å². The average Bonchev–Trinajstić information content (AvgIpc) is 3.37. The molecule has 7 nitrogen and oxygen atoms in total. The molecule has 0 aromatic carbocycles. The topological polar surface area (TPSA) is 93.4 Å². The van der Waals surface area contributed by atoms with Gasteiger partial charge in [0.25, 0.3) is 0 Å². The van der Waals surface area contributed by atoms with E-state index < -0.39 is 0 Å². The number of hydrogen-bond acceptors (Lipinski definition) is 7. The minimum Gasteiger partial charge on any atom is -0.474 e. The van der Waals surface area contributed by atoms with Crippen LogP contribution in [0.15, 0.2) is 6.33 Å². The van der Waals surface area contributed by atoms with Crippen molar-refractivity contribution >= 4 is 27.5 Å². The highest BCUT2D eigenvalue weighted by molar-refractivity contribution is 7.18. The van der Waals surface area contributed by atoms with E-state index in [-0.39, 0.29) is 5.91 Å². The van der Waals surface area contributed by atoms with E-state index >= 15 is 0 Å². The predicted octanol–water partition coefficient (Wildman–Crippen LogP) is 3.29. The predicted molar refractivity (Wildman–Crippen MR) is 127 cm³/mol. The zero-order chi connectivity index (χ0) is 22.1. The van der Waals surface area contributed by atoms with Gasteiger partial charge in [-0.3, -0.25) is 4.79 Å². The number of rotatable bonds is 3. The van der Waals surface area contributed by atoms with E-state index in [9.17, 15) is 4.79 Å². The van der Waals surface area contributed by atoms with Crippen LogP contribution in [0.5, 0.6) is 5.88 Å². The molecular formula is C23H37N5O2S. The van der Waals surface area contributed by atoms with Crippen molar-refractivity contribution in [3.63, 3.8) is 0 Å². The van der Waals surface area contributed by atoms with Gasteiger partial charge >= 0.3 is 0 Å². The third kappa shape index (κ3) is 7.12. The van der Waals surface area contributed by atoms with Crippen LogP contribution in [-0.2, 0) is 17.6 Å². The van der Waals surface area contributed by atoms with E-state index in [0.29, 0.717) is 12.5 Å². The molecule has 3 N–H and O–H groups in total. The maximum absolute atomic E-state index is 9.59. The number of primary amides is 1. The summed E-state index contributed by atoms with van der Waals surface area (Å²) in [5, 5.41) is 4.49. The number of aryl methyl sites for hydroxylation is 2. The smallest absolute Gasteiger partial charge is 0.225 e. The van der Waals surface area contributed by atoms with Crippen LogP contribution >= 0.6 is 11.3 Å². The van der Waals surface area contributed by atoms with Crippen molar-refractivity contribution in [2.45, 2.75) is 70.8 Å². The van der Waals surface area contributed by atoms with Crippen molar-refractivity contribution in [1.29, 1.82) is 0 Å². The van der Waals surface area contributed by atoms with Crippen molar-refractivity contribution in [1.82, 2.24) is 20.2 Å². The summed E-state index contributed by atoms with van der Waals surface area (Å²) >= 11 is 1.83. The lowest BCUT2D eigenvalue weighted by atomic mass is 9.98. The molecule has 2 fully saturated rings. The summed E-state index contributed by atoms with van der Waals surface area (Å²) < 4.78 is 6.21. The average molecular weight is 448 g/mol. The number of piperazine rings is 1. The van der Waals surface area contributed by atoms with Crippen molar-refractivity contribution in [3.8, 4) is 5.88 Å². The highest BCUT2D eigenvalue weighted by Crippen LogP contribution is 2.40. The molecule has 1 aliphatic heterocycles. The molecule has 0 spiro atoms. The lowest BCUT2D eigenvalue weighted by molar-refractivity contribution is -0.117. The fourth-order valence-corrected chi connectivity index (χ4v) is 5.33.